The van der Waals surface area contributed by atoms with Crippen molar-refractivity contribution in [2.75, 3.05) is 40.0 Å². The molecular formula is C12H24N2O3. The number of rotatable bonds is 6. The zero-order chi connectivity index (χ0) is 12.7. The van der Waals surface area contributed by atoms with E-state index < -0.39 is 0 Å². The van der Waals surface area contributed by atoms with Crippen LogP contribution in [0.25, 0.3) is 0 Å². The van der Waals surface area contributed by atoms with Crippen molar-refractivity contribution in [2.24, 2.45) is 11.7 Å². The van der Waals surface area contributed by atoms with Gasteiger partial charge < -0.3 is 20.1 Å². The minimum absolute atomic E-state index is 0.0618. The maximum Gasteiger partial charge on any atom is 0.248 e. The molecule has 100 valence electrons. The van der Waals surface area contributed by atoms with E-state index in [0.29, 0.717) is 31.7 Å². The highest BCUT2D eigenvalue weighted by atomic mass is 16.5. The molecule has 2 unspecified atom stereocenters. The average molecular weight is 244 g/mol. The van der Waals surface area contributed by atoms with Crippen molar-refractivity contribution in [3.63, 3.8) is 0 Å². The van der Waals surface area contributed by atoms with Gasteiger partial charge in [0.2, 0.25) is 5.91 Å². The van der Waals surface area contributed by atoms with Crippen molar-refractivity contribution in [3.05, 3.63) is 0 Å². The Labute approximate surface area is 103 Å². The molecule has 0 saturated carbocycles. The molecule has 0 aliphatic carbocycles. The second-order valence-electron chi connectivity index (χ2n) is 4.62. The number of hydrogen-bond donors (Lipinski definition) is 1. The van der Waals surface area contributed by atoms with Crippen molar-refractivity contribution < 1.29 is 14.3 Å². The second-order valence-corrected chi connectivity index (χ2v) is 4.62. The molecule has 1 saturated heterocycles. The Kier molecular flexibility index (Phi) is 6.47. The van der Waals surface area contributed by atoms with Crippen LogP contribution in [-0.2, 0) is 14.3 Å². The van der Waals surface area contributed by atoms with Gasteiger partial charge in [-0.25, -0.2) is 0 Å². The van der Waals surface area contributed by atoms with E-state index in [1.807, 2.05) is 4.90 Å². The van der Waals surface area contributed by atoms with Gasteiger partial charge in [-0.15, -0.1) is 0 Å². The number of carbonyl (C=O) groups is 1. The summed E-state index contributed by atoms with van der Waals surface area (Å²) in [6.07, 6.45) is 2.15. The van der Waals surface area contributed by atoms with E-state index in [-0.39, 0.29) is 12.5 Å². The molecule has 1 amide bonds. The van der Waals surface area contributed by atoms with E-state index in [1.165, 1.54) is 0 Å². The summed E-state index contributed by atoms with van der Waals surface area (Å²) in [4.78, 5) is 13.8. The first-order valence-corrected chi connectivity index (χ1v) is 6.25. The Balaban J connectivity index is 2.32. The van der Waals surface area contributed by atoms with E-state index in [2.05, 4.69) is 6.92 Å². The molecule has 1 aliphatic heterocycles. The fourth-order valence-corrected chi connectivity index (χ4v) is 2.11. The monoisotopic (exact) mass is 244 g/mol. The number of methoxy groups -OCH3 is 1. The third kappa shape index (κ3) is 4.61. The molecule has 0 bridgehead atoms. The number of ether oxygens (including phenoxy) is 2. The molecule has 1 fully saturated rings. The quantitative estimate of drug-likeness (QED) is 0.680. The number of likely N-dealkylation sites (tertiary alicyclic amines) is 1. The summed E-state index contributed by atoms with van der Waals surface area (Å²) in [5.41, 5.74) is 5.66. The zero-order valence-electron chi connectivity index (χ0n) is 10.9. The van der Waals surface area contributed by atoms with Gasteiger partial charge in [-0.2, -0.15) is 0 Å². The van der Waals surface area contributed by atoms with E-state index >= 15 is 0 Å². The number of piperidine rings is 1. The third-order valence-electron chi connectivity index (χ3n) is 3.29. The molecule has 2 atom stereocenters. The minimum Gasteiger partial charge on any atom is -0.382 e. The lowest BCUT2D eigenvalue weighted by molar-refractivity contribution is -0.140. The van der Waals surface area contributed by atoms with Crippen LogP contribution in [0.5, 0.6) is 0 Å². The van der Waals surface area contributed by atoms with Crippen molar-refractivity contribution in [1.29, 1.82) is 0 Å². The van der Waals surface area contributed by atoms with Crippen LogP contribution in [0.4, 0.5) is 0 Å². The number of carbonyl (C=O) groups excluding carboxylic acids is 1. The van der Waals surface area contributed by atoms with E-state index in [0.717, 1.165) is 19.4 Å². The van der Waals surface area contributed by atoms with Crippen LogP contribution in [0.15, 0.2) is 0 Å². The highest BCUT2D eigenvalue weighted by molar-refractivity contribution is 5.77. The maximum absolute atomic E-state index is 12.0. The van der Waals surface area contributed by atoms with Crippen molar-refractivity contribution in [1.82, 2.24) is 4.90 Å². The average Bonchev–Trinajstić information content (AvgIpc) is 2.35. The van der Waals surface area contributed by atoms with Gasteiger partial charge in [-0.3, -0.25) is 4.79 Å². The molecule has 2 N–H and O–H groups in total. The lowest BCUT2D eigenvalue weighted by atomic mass is 9.93. The number of nitrogens with zero attached hydrogens (tertiary/aromatic N) is 1. The molecule has 0 aromatic heterocycles. The van der Waals surface area contributed by atoms with Gasteiger partial charge in [-0.1, -0.05) is 0 Å². The summed E-state index contributed by atoms with van der Waals surface area (Å²) in [6, 6.07) is 0.302. The zero-order valence-corrected chi connectivity index (χ0v) is 10.9. The molecule has 0 aromatic rings. The van der Waals surface area contributed by atoms with E-state index in [1.54, 1.807) is 7.11 Å². The van der Waals surface area contributed by atoms with Gasteiger partial charge in [0.05, 0.1) is 13.2 Å². The maximum atomic E-state index is 12.0. The molecule has 1 heterocycles. The summed E-state index contributed by atoms with van der Waals surface area (Å²) in [5, 5.41) is 0. The Morgan fingerprint density at radius 3 is 2.82 bits per heavy atom. The first-order chi connectivity index (χ1) is 8.19. The van der Waals surface area contributed by atoms with Crippen LogP contribution in [0.2, 0.25) is 0 Å². The van der Waals surface area contributed by atoms with Crippen LogP contribution >= 0.6 is 0 Å². The van der Waals surface area contributed by atoms with Gasteiger partial charge in [0.1, 0.15) is 6.61 Å². The van der Waals surface area contributed by atoms with Gasteiger partial charge in [-0.05, 0) is 32.2 Å². The summed E-state index contributed by atoms with van der Waals surface area (Å²) in [7, 11) is 1.61. The lowest BCUT2D eigenvalue weighted by Gasteiger charge is -2.37. The molecule has 1 aliphatic rings. The Bertz CT molecular complexity index is 236. The van der Waals surface area contributed by atoms with Crippen molar-refractivity contribution in [3.8, 4) is 0 Å². The molecule has 0 spiro atoms. The first kappa shape index (κ1) is 14.4. The molecule has 5 heteroatoms. The van der Waals surface area contributed by atoms with Crippen LogP contribution in [0, 0.1) is 5.92 Å². The Morgan fingerprint density at radius 1 is 1.41 bits per heavy atom. The highest BCUT2D eigenvalue weighted by Gasteiger charge is 2.27. The first-order valence-electron chi connectivity index (χ1n) is 6.25. The Morgan fingerprint density at radius 2 is 2.18 bits per heavy atom. The SMILES string of the molecule is COCCOCC(=O)N1CC(CN)CCC1C. The Hall–Kier alpha value is -0.650. The number of nitrogens with two attached hydrogens (primary N) is 1. The second kappa shape index (κ2) is 7.63. The van der Waals surface area contributed by atoms with Crippen LogP contribution in [-0.4, -0.2) is 56.9 Å². The van der Waals surface area contributed by atoms with Crippen molar-refractivity contribution in [2.45, 2.75) is 25.8 Å². The lowest BCUT2D eigenvalue weighted by Crippen LogP contribution is -2.48. The molecule has 1 rings (SSSR count). The molecule has 0 aromatic carbocycles. The predicted octanol–water partition coefficient (Wildman–Crippen LogP) is 0.235. The smallest absolute Gasteiger partial charge is 0.248 e. The molecular weight excluding hydrogens is 220 g/mol. The fourth-order valence-electron chi connectivity index (χ4n) is 2.11. The molecule has 0 radical (unpaired) electrons. The summed E-state index contributed by atoms with van der Waals surface area (Å²) in [6.45, 7) is 4.63. The standard InChI is InChI=1S/C12H24N2O3/c1-10-3-4-11(7-13)8-14(10)12(15)9-17-6-5-16-2/h10-11H,3-9,13H2,1-2H3. The highest BCUT2D eigenvalue weighted by Crippen LogP contribution is 2.21. The van der Waals surface area contributed by atoms with Gasteiger partial charge >= 0.3 is 0 Å². The minimum atomic E-state index is 0.0618. The van der Waals surface area contributed by atoms with E-state index in [9.17, 15) is 4.79 Å². The topological polar surface area (TPSA) is 64.8 Å². The fraction of sp³-hybridized carbons (Fsp3) is 0.917. The van der Waals surface area contributed by atoms with Gasteiger partial charge in [0, 0.05) is 19.7 Å². The van der Waals surface area contributed by atoms with Crippen molar-refractivity contribution >= 4 is 5.91 Å². The van der Waals surface area contributed by atoms with Crippen LogP contribution in [0.1, 0.15) is 19.8 Å². The molecule has 17 heavy (non-hydrogen) atoms. The van der Waals surface area contributed by atoms with Gasteiger partial charge in [0.15, 0.2) is 0 Å². The molecule has 5 nitrogen and oxygen atoms in total. The van der Waals surface area contributed by atoms with Crippen LogP contribution in [0.3, 0.4) is 0 Å². The van der Waals surface area contributed by atoms with E-state index in [4.69, 9.17) is 15.2 Å². The summed E-state index contributed by atoms with van der Waals surface area (Å²) in [5.74, 6) is 0.501. The van der Waals surface area contributed by atoms with Crippen LogP contribution < -0.4 is 5.73 Å². The van der Waals surface area contributed by atoms with Gasteiger partial charge in [0.25, 0.3) is 0 Å². The largest absolute Gasteiger partial charge is 0.382 e. The summed E-state index contributed by atoms with van der Waals surface area (Å²) < 4.78 is 10.1. The summed E-state index contributed by atoms with van der Waals surface area (Å²) >= 11 is 0. The number of amides is 1. The normalized spacial score (nSPS) is 25.0. The predicted molar refractivity (Wildman–Crippen MR) is 65.6 cm³/mol. The number of hydrogen-bond acceptors (Lipinski definition) is 4. The third-order valence-corrected chi connectivity index (χ3v) is 3.29.